The maximum Gasteiger partial charge on any atom is 0.0811 e. The maximum absolute atomic E-state index is 10.1. The summed E-state index contributed by atoms with van der Waals surface area (Å²) in [5.41, 5.74) is 2.91. The zero-order valence-electron chi connectivity index (χ0n) is 20.1. The van der Waals surface area contributed by atoms with Crippen molar-refractivity contribution in [2.45, 2.75) is 109 Å². The van der Waals surface area contributed by atoms with Gasteiger partial charge in [-0.15, -0.1) is 0 Å². The monoisotopic (exact) mass is 432 g/mol. The lowest BCUT2D eigenvalue weighted by molar-refractivity contribution is -0.0318. The molecule has 3 fully saturated rings. The Morgan fingerprint density at radius 1 is 1.26 bits per heavy atom. The van der Waals surface area contributed by atoms with Crippen molar-refractivity contribution in [3.8, 4) is 0 Å². The van der Waals surface area contributed by atoms with Crippen LogP contribution in [0, 0.1) is 17.3 Å². The number of fused-ring (bicyclic) bond motifs is 1. The molecule has 0 amide bonds. The average Bonchev–Trinajstić information content (AvgIpc) is 3.03. The molecule has 3 rings (SSSR count). The van der Waals surface area contributed by atoms with E-state index in [9.17, 15) is 15.3 Å². The van der Waals surface area contributed by atoms with E-state index in [0.717, 1.165) is 30.4 Å². The van der Waals surface area contributed by atoms with E-state index in [4.69, 9.17) is 4.74 Å². The van der Waals surface area contributed by atoms with Gasteiger partial charge in [0.05, 0.1) is 23.9 Å². The molecule has 3 aliphatic rings. The van der Waals surface area contributed by atoms with Crippen molar-refractivity contribution < 1.29 is 20.1 Å². The lowest BCUT2D eigenvalue weighted by Gasteiger charge is -2.44. The molecule has 0 aromatic carbocycles. The van der Waals surface area contributed by atoms with Crippen molar-refractivity contribution in [1.82, 2.24) is 0 Å². The number of hydrogen-bond acceptors (Lipinski definition) is 4. The first-order chi connectivity index (χ1) is 14.5. The number of aliphatic hydroxyl groups excluding tert-OH is 2. The molecule has 0 saturated heterocycles. The predicted octanol–water partition coefficient (Wildman–Crippen LogP) is 5.08. The molecule has 4 heteroatoms. The third-order valence-electron chi connectivity index (χ3n) is 8.18. The van der Waals surface area contributed by atoms with Crippen molar-refractivity contribution >= 4 is 0 Å². The summed E-state index contributed by atoms with van der Waals surface area (Å²) in [4.78, 5) is 0. The minimum Gasteiger partial charge on any atom is -0.393 e. The van der Waals surface area contributed by atoms with Gasteiger partial charge in [-0.25, -0.2) is 0 Å². The van der Waals surface area contributed by atoms with Crippen LogP contribution in [0.3, 0.4) is 0 Å². The smallest absolute Gasteiger partial charge is 0.0811 e. The molecular weight excluding hydrogens is 388 g/mol. The number of rotatable bonds is 7. The van der Waals surface area contributed by atoms with Crippen LogP contribution in [-0.4, -0.2) is 45.8 Å². The Labute approximate surface area is 189 Å². The zero-order valence-corrected chi connectivity index (χ0v) is 20.1. The Hall–Kier alpha value is -0.940. The van der Waals surface area contributed by atoms with Crippen LogP contribution < -0.4 is 0 Å². The molecule has 6 atom stereocenters. The molecule has 3 aliphatic carbocycles. The second kappa shape index (κ2) is 9.91. The summed E-state index contributed by atoms with van der Waals surface area (Å²) in [6, 6.07) is 0. The Morgan fingerprint density at radius 2 is 2.00 bits per heavy atom. The minimum atomic E-state index is -0.629. The lowest BCUT2D eigenvalue weighted by atomic mass is 9.62. The van der Waals surface area contributed by atoms with Crippen molar-refractivity contribution in [3.63, 3.8) is 0 Å². The summed E-state index contributed by atoms with van der Waals surface area (Å²) >= 11 is 0. The van der Waals surface area contributed by atoms with E-state index in [-0.39, 0.29) is 11.5 Å². The molecule has 3 saturated carbocycles. The van der Waals surface area contributed by atoms with Crippen molar-refractivity contribution in [2.75, 3.05) is 6.61 Å². The lowest BCUT2D eigenvalue weighted by Crippen LogP contribution is -2.38. The van der Waals surface area contributed by atoms with Crippen LogP contribution in [0.15, 0.2) is 35.5 Å². The van der Waals surface area contributed by atoms with Gasteiger partial charge in [0, 0.05) is 13.0 Å². The van der Waals surface area contributed by atoms with Gasteiger partial charge in [-0.2, -0.15) is 0 Å². The first-order valence-corrected chi connectivity index (χ1v) is 12.3. The van der Waals surface area contributed by atoms with Crippen LogP contribution in [0.2, 0.25) is 0 Å². The van der Waals surface area contributed by atoms with Crippen molar-refractivity contribution in [3.05, 3.63) is 35.5 Å². The number of aliphatic hydroxyl groups is 3. The van der Waals surface area contributed by atoms with E-state index in [1.165, 1.54) is 31.3 Å². The van der Waals surface area contributed by atoms with Crippen LogP contribution in [0.25, 0.3) is 0 Å². The van der Waals surface area contributed by atoms with E-state index in [1.807, 2.05) is 13.8 Å². The van der Waals surface area contributed by atoms with Gasteiger partial charge in [-0.05, 0) is 101 Å². The number of allylic oxidation sites excluding steroid dienone is 3. The number of ether oxygens (including phenoxy) is 1. The van der Waals surface area contributed by atoms with Crippen LogP contribution >= 0.6 is 0 Å². The molecule has 0 bridgehead atoms. The summed E-state index contributed by atoms with van der Waals surface area (Å²) in [7, 11) is 0. The van der Waals surface area contributed by atoms with Crippen LogP contribution in [-0.2, 0) is 4.74 Å². The molecule has 0 unspecified atom stereocenters. The highest BCUT2D eigenvalue weighted by atomic mass is 16.5. The molecule has 0 radical (unpaired) electrons. The van der Waals surface area contributed by atoms with Gasteiger partial charge >= 0.3 is 0 Å². The fourth-order valence-corrected chi connectivity index (χ4v) is 6.41. The summed E-state index contributed by atoms with van der Waals surface area (Å²) < 4.78 is 6.25. The molecule has 0 aromatic rings. The molecule has 0 heterocycles. The minimum absolute atomic E-state index is 0.234. The Balaban J connectivity index is 1.66. The van der Waals surface area contributed by atoms with Crippen LogP contribution in [0.4, 0.5) is 0 Å². The largest absolute Gasteiger partial charge is 0.393 e. The predicted molar refractivity (Wildman–Crippen MR) is 126 cm³/mol. The summed E-state index contributed by atoms with van der Waals surface area (Å²) in [6.07, 6.45) is 12.1. The second-order valence-corrected chi connectivity index (χ2v) is 11.2. The number of hydrogen-bond donors (Lipinski definition) is 3. The standard InChI is InChI=1S/C27H44O4/c1-18-21(16-22(28)17-25(18)29)10-9-20-8-6-14-27(5)23(11-12-24(20)27)19(2)31-15-7-13-26(3,4)30/h9-10,19,22-25,28-30H,1,6-8,11-17H2,2-5H3/b20-9+,21-10+/t19-,22-,23-,24+,25+,27-/m1/s1. The van der Waals surface area contributed by atoms with Crippen molar-refractivity contribution in [2.24, 2.45) is 17.3 Å². The second-order valence-electron chi connectivity index (χ2n) is 11.2. The van der Waals surface area contributed by atoms with Gasteiger partial charge in [0.25, 0.3) is 0 Å². The molecular formula is C27H44O4. The average molecular weight is 433 g/mol. The Kier molecular flexibility index (Phi) is 7.89. The fourth-order valence-electron chi connectivity index (χ4n) is 6.41. The quantitative estimate of drug-likeness (QED) is 0.491. The fraction of sp³-hybridized carbons (Fsp3) is 0.778. The van der Waals surface area contributed by atoms with E-state index in [0.29, 0.717) is 31.3 Å². The zero-order chi connectivity index (χ0) is 22.8. The van der Waals surface area contributed by atoms with Gasteiger partial charge in [0.2, 0.25) is 0 Å². The van der Waals surface area contributed by atoms with Gasteiger partial charge in [-0.1, -0.05) is 31.2 Å². The van der Waals surface area contributed by atoms with Gasteiger partial charge in [-0.3, -0.25) is 0 Å². The molecule has 176 valence electrons. The van der Waals surface area contributed by atoms with Crippen LogP contribution in [0.5, 0.6) is 0 Å². The first kappa shape index (κ1) is 24.7. The Morgan fingerprint density at radius 3 is 2.71 bits per heavy atom. The van der Waals surface area contributed by atoms with E-state index in [1.54, 1.807) is 0 Å². The molecule has 3 N–H and O–H groups in total. The molecule has 0 spiro atoms. The normalized spacial score (nSPS) is 38.0. The molecule has 0 aliphatic heterocycles. The molecule has 0 aromatic heterocycles. The van der Waals surface area contributed by atoms with E-state index >= 15 is 0 Å². The van der Waals surface area contributed by atoms with Gasteiger partial charge in [0.15, 0.2) is 0 Å². The van der Waals surface area contributed by atoms with Crippen molar-refractivity contribution in [1.29, 1.82) is 0 Å². The summed E-state index contributed by atoms with van der Waals surface area (Å²) in [5, 5.41) is 30.1. The highest BCUT2D eigenvalue weighted by Gasteiger charge is 2.51. The first-order valence-electron chi connectivity index (χ1n) is 12.3. The highest BCUT2D eigenvalue weighted by Crippen LogP contribution is 2.58. The third kappa shape index (κ3) is 5.90. The van der Waals surface area contributed by atoms with E-state index < -0.39 is 17.8 Å². The molecule has 4 nitrogen and oxygen atoms in total. The summed E-state index contributed by atoms with van der Waals surface area (Å²) in [5.74, 6) is 1.14. The Bertz CT molecular complexity index is 701. The van der Waals surface area contributed by atoms with Crippen LogP contribution in [0.1, 0.15) is 85.5 Å². The molecule has 31 heavy (non-hydrogen) atoms. The van der Waals surface area contributed by atoms with Gasteiger partial charge in [0.1, 0.15) is 0 Å². The third-order valence-corrected chi connectivity index (χ3v) is 8.18. The highest BCUT2D eigenvalue weighted by molar-refractivity contribution is 5.38. The summed E-state index contributed by atoms with van der Waals surface area (Å²) in [6.45, 7) is 13.2. The van der Waals surface area contributed by atoms with Gasteiger partial charge < -0.3 is 20.1 Å². The SMILES string of the molecule is C=C1/C(=C/C=C2\CCC[C@]3(C)[C@@H]([C@@H](C)OCCCC(C)(C)O)CC[C@@H]23)C[C@@H](O)C[C@@H]1O. The topological polar surface area (TPSA) is 69.9 Å². The maximum atomic E-state index is 10.1. The van der Waals surface area contributed by atoms with E-state index in [2.05, 4.69) is 32.6 Å².